The van der Waals surface area contributed by atoms with Gasteiger partial charge in [-0.3, -0.25) is 9.59 Å². The number of hydrogen-bond acceptors (Lipinski definition) is 4. The third-order valence-corrected chi connectivity index (χ3v) is 5.49. The molecule has 0 bridgehead atoms. The Bertz CT molecular complexity index is 954. The van der Waals surface area contributed by atoms with Crippen LogP contribution in [0.2, 0.25) is 0 Å². The maximum Gasteiger partial charge on any atom is 0.253 e. The van der Waals surface area contributed by atoms with Crippen molar-refractivity contribution in [2.75, 3.05) is 17.7 Å². The first-order valence-electron chi connectivity index (χ1n) is 8.91. The summed E-state index contributed by atoms with van der Waals surface area (Å²) in [6, 6.07) is 18.6. The predicted molar refractivity (Wildman–Crippen MR) is 112 cm³/mol. The Morgan fingerprint density at radius 1 is 1.04 bits per heavy atom. The van der Waals surface area contributed by atoms with Crippen molar-refractivity contribution in [1.29, 1.82) is 0 Å². The van der Waals surface area contributed by atoms with Crippen molar-refractivity contribution in [3.05, 3.63) is 83.8 Å². The first-order chi connectivity index (χ1) is 13.6. The Kier molecular flexibility index (Phi) is 6.55. The summed E-state index contributed by atoms with van der Waals surface area (Å²) in [7, 11) is 1.69. The molecule has 0 spiro atoms. The summed E-state index contributed by atoms with van der Waals surface area (Å²) in [6.07, 6.45) is 1.56. The van der Waals surface area contributed by atoms with Gasteiger partial charge in [0.15, 0.2) is 0 Å². The molecule has 1 N–H and O–H groups in total. The average molecular weight is 394 g/mol. The maximum atomic E-state index is 12.7. The topological polar surface area (TPSA) is 62.6 Å². The zero-order valence-corrected chi connectivity index (χ0v) is 16.7. The molecule has 5 nitrogen and oxygen atoms in total. The number of para-hydroxylation sites is 1. The maximum absolute atomic E-state index is 12.7. The molecule has 0 aliphatic rings. The van der Waals surface area contributed by atoms with Crippen LogP contribution in [0, 0.1) is 6.92 Å². The molecular weight excluding hydrogens is 372 g/mol. The molecular formula is C22H22N2O3S. The van der Waals surface area contributed by atoms with Crippen LogP contribution in [-0.2, 0) is 11.3 Å². The summed E-state index contributed by atoms with van der Waals surface area (Å²) < 4.78 is 5.24. The normalized spacial score (nSPS) is 10.5. The fraction of sp³-hybridized carbons (Fsp3) is 0.182. The molecule has 2 aromatic carbocycles. The van der Waals surface area contributed by atoms with Gasteiger partial charge in [-0.05, 0) is 42.8 Å². The number of furan rings is 1. The lowest BCUT2D eigenvalue weighted by Gasteiger charge is -2.20. The summed E-state index contributed by atoms with van der Waals surface area (Å²) in [4.78, 5) is 27.9. The molecule has 0 radical (unpaired) electrons. The van der Waals surface area contributed by atoms with Gasteiger partial charge in [0.1, 0.15) is 5.76 Å². The molecule has 0 saturated carbocycles. The second-order valence-corrected chi connectivity index (χ2v) is 7.30. The second kappa shape index (κ2) is 9.28. The lowest BCUT2D eigenvalue weighted by Crippen LogP contribution is -2.31. The van der Waals surface area contributed by atoms with Crippen LogP contribution in [0.15, 0.2) is 76.2 Å². The molecule has 0 aliphatic carbocycles. The van der Waals surface area contributed by atoms with Gasteiger partial charge in [-0.2, -0.15) is 0 Å². The summed E-state index contributed by atoms with van der Waals surface area (Å²) in [5.41, 5.74) is 2.17. The van der Waals surface area contributed by atoms with Crippen molar-refractivity contribution in [2.45, 2.75) is 18.4 Å². The van der Waals surface area contributed by atoms with Gasteiger partial charge in [-0.1, -0.05) is 30.3 Å². The van der Waals surface area contributed by atoms with Crippen LogP contribution in [0.25, 0.3) is 0 Å². The number of hydrogen-bond donors (Lipinski definition) is 1. The van der Waals surface area contributed by atoms with E-state index in [0.29, 0.717) is 29.3 Å². The Hall–Kier alpha value is -2.99. The number of rotatable bonds is 7. The molecule has 0 unspecified atom stereocenters. The van der Waals surface area contributed by atoms with Gasteiger partial charge in [0.25, 0.3) is 5.91 Å². The zero-order chi connectivity index (χ0) is 19.9. The predicted octanol–water partition coefficient (Wildman–Crippen LogP) is 4.27. The van der Waals surface area contributed by atoms with E-state index in [0.717, 1.165) is 10.5 Å². The molecule has 1 aromatic heterocycles. The molecule has 0 atom stereocenters. The molecule has 28 heavy (non-hydrogen) atoms. The number of carbonyl (C=O) groups is 2. The molecule has 2 amide bonds. The van der Waals surface area contributed by atoms with Gasteiger partial charge in [-0.15, -0.1) is 11.8 Å². The molecule has 6 heteroatoms. The van der Waals surface area contributed by atoms with Gasteiger partial charge in [-0.25, -0.2) is 0 Å². The van der Waals surface area contributed by atoms with Crippen molar-refractivity contribution < 1.29 is 14.0 Å². The summed E-state index contributed by atoms with van der Waals surface area (Å²) in [6.45, 7) is 2.32. The number of nitrogens with one attached hydrogen (secondary N) is 1. The van der Waals surface area contributed by atoms with E-state index in [4.69, 9.17) is 4.42 Å². The average Bonchev–Trinajstić information content (AvgIpc) is 3.24. The fourth-order valence-electron chi connectivity index (χ4n) is 2.72. The quantitative estimate of drug-likeness (QED) is 0.608. The lowest BCUT2D eigenvalue weighted by atomic mass is 10.1. The summed E-state index contributed by atoms with van der Waals surface area (Å²) in [5, 5.41) is 2.83. The van der Waals surface area contributed by atoms with E-state index in [1.807, 2.05) is 37.3 Å². The van der Waals surface area contributed by atoms with Crippen LogP contribution in [0.3, 0.4) is 0 Å². The number of thioether (sulfide) groups is 1. The van der Waals surface area contributed by atoms with Crippen LogP contribution in [-0.4, -0.2) is 24.6 Å². The van der Waals surface area contributed by atoms with Gasteiger partial charge in [0.05, 0.1) is 29.8 Å². The van der Waals surface area contributed by atoms with E-state index in [2.05, 4.69) is 5.32 Å². The van der Waals surface area contributed by atoms with Crippen molar-refractivity contribution in [3.8, 4) is 0 Å². The molecule has 0 aliphatic heterocycles. The fourth-order valence-corrected chi connectivity index (χ4v) is 3.67. The molecule has 3 aromatic rings. The Morgan fingerprint density at radius 3 is 2.54 bits per heavy atom. The van der Waals surface area contributed by atoms with Crippen molar-refractivity contribution >= 4 is 29.3 Å². The van der Waals surface area contributed by atoms with Crippen molar-refractivity contribution in [2.24, 2.45) is 0 Å². The van der Waals surface area contributed by atoms with Crippen LogP contribution in [0.5, 0.6) is 0 Å². The smallest absolute Gasteiger partial charge is 0.253 e. The Morgan fingerprint density at radius 2 is 1.79 bits per heavy atom. The number of aryl methyl sites for hydroxylation is 1. The molecule has 0 saturated heterocycles. The lowest BCUT2D eigenvalue weighted by molar-refractivity contribution is -0.115. The van der Waals surface area contributed by atoms with Crippen LogP contribution < -0.4 is 10.2 Å². The van der Waals surface area contributed by atoms with Gasteiger partial charge < -0.3 is 14.6 Å². The molecule has 0 fully saturated rings. The highest BCUT2D eigenvalue weighted by Gasteiger charge is 2.18. The van der Waals surface area contributed by atoms with Crippen LogP contribution in [0.1, 0.15) is 21.7 Å². The van der Waals surface area contributed by atoms with Crippen LogP contribution >= 0.6 is 11.8 Å². The van der Waals surface area contributed by atoms with E-state index >= 15 is 0 Å². The standard InChI is InChI=1S/C22H22N2O3S/c1-16-8-3-6-12-20(16)28-15-21(25)24(2)19-11-5-4-10-18(19)22(26)23-14-17-9-7-13-27-17/h3-13H,14-15H2,1-2H3,(H,23,26). The van der Waals surface area contributed by atoms with E-state index in [1.165, 1.54) is 16.7 Å². The zero-order valence-electron chi connectivity index (χ0n) is 15.8. The highest BCUT2D eigenvalue weighted by Crippen LogP contribution is 2.24. The number of benzene rings is 2. The SMILES string of the molecule is Cc1ccccc1SCC(=O)N(C)c1ccccc1C(=O)NCc1ccco1. The van der Waals surface area contributed by atoms with Gasteiger partial charge >= 0.3 is 0 Å². The van der Waals surface area contributed by atoms with Crippen molar-refractivity contribution in [3.63, 3.8) is 0 Å². The van der Waals surface area contributed by atoms with Crippen LogP contribution in [0.4, 0.5) is 5.69 Å². The van der Waals surface area contributed by atoms with Crippen molar-refractivity contribution in [1.82, 2.24) is 5.32 Å². The minimum atomic E-state index is -0.252. The number of amides is 2. The van der Waals surface area contributed by atoms with E-state index in [9.17, 15) is 9.59 Å². The first-order valence-corrected chi connectivity index (χ1v) is 9.89. The third-order valence-electron chi connectivity index (χ3n) is 4.33. The summed E-state index contributed by atoms with van der Waals surface area (Å²) in [5.74, 6) is 0.645. The Balaban J connectivity index is 1.67. The minimum absolute atomic E-state index is 0.0699. The second-order valence-electron chi connectivity index (χ2n) is 6.29. The number of nitrogens with zero attached hydrogens (tertiary/aromatic N) is 1. The summed E-state index contributed by atoms with van der Waals surface area (Å²) >= 11 is 1.50. The van der Waals surface area contributed by atoms with Gasteiger partial charge in [0, 0.05) is 11.9 Å². The number of carbonyl (C=O) groups excluding carboxylic acids is 2. The molecule has 1 heterocycles. The molecule has 144 valence electrons. The van der Waals surface area contributed by atoms with E-state index in [-0.39, 0.29) is 11.8 Å². The minimum Gasteiger partial charge on any atom is -0.467 e. The third kappa shape index (κ3) is 4.84. The van der Waals surface area contributed by atoms with E-state index < -0.39 is 0 Å². The monoisotopic (exact) mass is 394 g/mol. The largest absolute Gasteiger partial charge is 0.467 e. The van der Waals surface area contributed by atoms with Gasteiger partial charge in [0.2, 0.25) is 5.91 Å². The number of anilines is 1. The van der Waals surface area contributed by atoms with E-state index in [1.54, 1.807) is 43.6 Å². The highest BCUT2D eigenvalue weighted by atomic mass is 32.2. The Labute approximate surface area is 168 Å². The first kappa shape index (κ1) is 19.8. The highest BCUT2D eigenvalue weighted by molar-refractivity contribution is 8.00. The molecule has 3 rings (SSSR count).